The largest absolute Gasteiger partial charge is 0.320 e. The highest BCUT2D eigenvalue weighted by Crippen LogP contribution is 2.08. The Labute approximate surface area is 117 Å². The maximum absolute atomic E-state index is 11.9. The summed E-state index contributed by atoms with van der Waals surface area (Å²) in [6, 6.07) is 1.31. The van der Waals surface area contributed by atoms with Crippen molar-refractivity contribution in [1.29, 1.82) is 0 Å². The summed E-state index contributed by atoms with van der Waals surface area (Å²) in [5.74, 6) is 4.73. The van der Waals surface area contributed by atoms with E-state index in [0.717, 1.165) is 6.20 Å². The molecule has 0 unspecified atom stereocenters. The van der Waals surface area contributed by atoms with Gasteiger partial charge >= 0.3 is 0 Å². The number of sulfonamides is 2. The molecule has 0 aliphatic carbocycles. The minimum absolute atomic E-state index is 0.115. The number of aromatic nitrogens is 1. The number of hydrogen-bond acceptors (Lipinski definition) is 6. The van der Waals surface area contributed by atoms with Gasteiger partial charge < -0.3 is 5.73 Å². The Morgan fingerprint density at radius 1 is 1.25 bits per heavy atom. The first-order chi connectivity index (χ1) is 9.24. The first-order valence-corrected chi connectivity index (χ1v) is 8.58. The molecule has 0 aromatic carbocycles. The molecule has 1 heterocycles. The van der Waals surface area contributed by atoms with Crippen LogP contribution in [0.5, 0.6) is 0 Å². The molecule has 110 valence electrons. The van der Waals surface area contributed by atoms with E-state index < -0.39 is 25.8 Å². The van der Waals surface area contributed by atoms with Gasteiger partial charge in [-0.2, -0.15) is 0 Å². The van der Waals surface area contributed by atoms with Crippen LogP contribution in [0.1, 0.15) is 5.56 Å². The molecule has 1 rings (SSSR count). The zero-order valence-electron chi connectivity index (χ0n) is 10.4. The average molecular weight is 318 g/mol. The molecule has 1 aromatic heterocycles. The van der Waals surface area contributed by atoms with Gasteiger partial charge in [0.1, 0.15) is 4.90 Å². The van der Waals surface area contributed by atoms with E-state index >= 15 is 0 Å². The summed E-state index contributed by atoms with van der Waals surface area (Å²) in [4.78, 5) is 3.64. The maximum atomic E-state index is 11.9. The highest BCUT2D eigenvalue weighted by atomic mass is 32.2. The molecule has 0 amide bonds. The predicted molar refractivity (Wildman–Crippen MR) is 73.3 cm³/mol. The highest BCUT2D eigenvalue weighted by Gasteiger charge is 2.15. The third-order valence-corrected chi connectivity index (χ3v) is 4.24. The summed E-state index contributed by atoms with van der Waals surface area (Å²) < 4.78 is 47.3. The van der Waals surface area contributed by atoms with Crippen LogP contribution < -0.4 is 15.6 Å². The van der Waals surface area contributed by atoms with Crippen molar-refractivity contribution < 1.29 is 16.8 Å². The summed E-state index contributed by atoms with van der Waals surface area (Å²) in [5, 5.41) is 4.78. The van der Waals surface area contributed by atoms with Crippen molar-refractivity contribution in [3.8, 4) is 11.8 Å². The monoisotopic (exact) mass is 318 g/mol. The Morgan fingerprint density at radius 2 is 1.95 bits per heavy atom. The number of nitrogens with one attached hydrogen (secondary N) is 1. The average Bonchev–Trinajstić information content (AvgIpc) is 2.35. The zero-order chi connectivity index (χ0) is 15.2. The summed E-state index contributed by atoms with van der Waals surface area (Å²) in [5.41, 5.74) is 5.61. The Bertz CT molecular complexity index is 732. The predicted octanol–water partition coefficient (Wildman–Crippen LogP) is -2.04. The van der Waals surface area contributed by atoms with Gasteiger partial charge in [-0.3, -0.25) is 4.98 Å². The fourth-order valence-electron chi connectivity index (χ4n) is 1.19. The summed E-state index contributed by atoms with van der Waals surface area (Å²) in [7, 11) is -7.59. The normalized spacial score (nSPS) is 11.7. The first-order valence-electron chi connectivity index (χ1n) is 5.39. The van der Waals surface area contributed by atoms with E-state index in [1.807, 2.05) is 0 Å². The van der Waals surface area contributed by atoms with Crippen LogP contribution in [-0.4, -0.2) is 40.7 Å². The van der Waals surface area contributed by atoms with Crippen molar-refractivity contribution in [2.45, 2.75) is 4.90 Å². The first kappa shape index (κ1) is 16.5. The lowest BCUT2D eigenvalue weighted by Gasteiger charge is -2.05. The molecular weight excluding hydrogens is 304 g/mol. The van der Waals surface area contributed by atoms with Crippen molar-refractivity contribution >= 4 is 20.0 Å². The van der Waals surface area contributed by atoms with Crippen LogP contribution in [0.2, 0.25) is 0 Å². The number of nitrogens with zero attached hydrogens (tertiary/aromatic N) is 1. The van der Waals surface area contributed by atoms with Gasteiger partial charge in [0.15, 0.2) is 0 Å². The molecule has 8 nitrogen and oxygen atoms in total. The lowest BCUT2D eigenvalue weighted by atomic mass is 10.3. The summed E-state index contributed by atoms with van der Waals surface area (Å²) in [6.45, 7) is -0.177. The minimum Gasteiger partial charge on any atom is -0.320 e. The van der Waals surface area contributed by atoms with Crippen LogP contribution in [0.15, 0.2) is 23.4 Å². The molecule has 0 atom stereocenters. The van der Waals surface area contributed by atoms with Crippen LogP contribution in [-0.2, 0) is 20.0 Å². The molecule has 0 saturated heterocycles. The van der Waals surface area contributed by atoms with Gasteiger partial charge in [0.25, 0.3) is 0 Å². The summed E-state index contributed by atoms with van der Waals surface area (Å²) >= 11 is 0. The quantitative estimate of drug-likeness (QED) is 0.533. The molecule has 0 aliphatic heterocycles. The third-order valence-electron chi connectivity index (χ3n) is 2.04. The number of pyridine rings is 1. The van der Waals surface area contributed by atoms with Crippen molar-refractivity contribution in [2.24, 2.45) is 10.9 Å². The number of nitrogens with two attached hydrogens (primary N) is 2. The second kappa shape index (κ2) is 6.78. The van der Waals surface area contributed by atoms with E-state index in [-0.39, 0.29) is 18.0 Å². The highest BCUT2D eigenvalue weighted by molar-refractivity contribution is 7.90. The number of rotatable bonds is 5. The second-order valence-electron chi connectivity index (χ2n) is 3.68. The standard InChI is InChI=1S/C10H14N4O4S2/c11-3-1-2-9-6-10(8-13-7-9)20(17,18)14-4-5-19(12,15)16/h6-8,14H,3-5,11H2,(H2,12,15,16). The van der Waals surface area contributed by atoms with E-state index in [1.165, 1.54) is 12.3 Å². The van der Waals surface area contributed by atoms with Crippen LogP contribution in [0.4, 0.5) is 0 Å². The molecule has 5 N–H and O–H groups in total. The molecule has 0 aliphatic rings. The topological polar surface area (TPSA) is 145 Å². The maximum Gasteiger partial charge on any atom is 0.242 e. The molecule has 10 heteroatoms. The van der Waals surface area contributed by atoms with Gasteiger partial charge in [-0.25, -0.2) is 26.7 Å². The van der Waals surface area contributed by atoms with Gasteiger partial charge in [-0.1, -0.05) is 11.8 Å². The van der Waals surface area contributed by atoms with Gasteiger partial charge in [0.2, 0.25) is 20.0 Å². The molecule has 0 bridgehead atoms. The SMILES string of the molecule is NCC#Cc1cncc(S(=O)(=O)NCCS(N)(=O)=O)c1. The van der Waals surface area contributed by atoms with Gasteiger partial charge in [-0.15, -0.1) is 0 Å². The minimum atomic E-state index is -3.86. The van der Waals surface area contributed by atoms with Crippen LogP contribution in [0.3, 0.4) is 0 Å². The van der Waals surface area contributed by atoms with Crippen LogP contribution >= 0.6 is 0 Å². The van der Waals surface area contributed by atoms with Crippen LogP contribution in [0.25, 0.3) is 0 Å². The fraction of sp³-hybridized carbons (Fsp3) is 0.300. The lowest BCUT2D eigenvalue weighted by molar-refractivity contribution is 0.581. The van der Waals surface area contributed by atoms with Crippen molar-refractivity contribution in [3.05, 3.63) is 24.0 Å². The van der Waals surface area contributed by atoms with E-state index in [9.17, 15) is 16.8 Å². The van der Waals surface area contributed by atoms with E-state index in [4.69, 9.17) is 10.9 Å². The number of hydrogen-bond donors (Lipinski definition) is 3. The molecular formula is C10H14N4O4S2. The van der Waals surface area contributed by atoms with Crippen molar-refractivity contribution in [3.63, 3.8) is 0 Å². The smallest absolute Gasteiger partial charge is 0.242 e. The Kier molecular flexibility index (Phi) is 5.61. The van der Waals surface area contributed by atoms with Crippen LogP contribution in [0, 0.1) is 11.8 Å². The summed E-state index contributed by atoms with van der Waals surface area (Å²) in [6.07, 6.45) is 2.53. The fourth-order valence-corrected chi connectivity index (χ4v) is 2.72. The molecule has 0 saturated carbocycles. The zero-order valence-corrected chi connectivity index (χ0v) is 12.0. The van der Waals surface area contributed by atoms with Crippen molar-refractivity contribution in [1.82, 2.24) is 9.71 Å². The molecule has 20 heavy (non-hydrogen) atoms. The lowest BCUT2D eigenvalue weighted by Crippen LogP contribution is -2.31. The molecule has 0 spiro atoms. The second-order valence-corrected chi connectivity index (χ2v) is 7.18. The van der Waals surface area contributed by atoms with Gasteiger partial charge in [-0.05, 0) is 6.07 Å². The third kappa shape index (κ3) is 5.64. The van der Waals surface area contributed by atoms with E-state index in [1.54, 1.807) is 0 Å². The Morgan fingerprint density at radius 3 is 2.55 bits per heavy atom. The Balaban J connectivity index is 2.87. The van der Waals surface area contributed by atoms with Gasteiger partial charge in [0, 0.05) is 24.5 Å². The van der Waals surface area contributed by atoms with E-state index in [2.05, 4.69) is 21.5 Å². The Hall–Kier alpha value is -1.51. The van der Waals surface area contributed by atoms with Gasteiger partial charge in [0.05, 0.1) is 12.3 Å². The van der Waals surface area contributed by atoms with Crippen molar-refractivity contribution in [2.75, 3.05) is 18.8 Å². The molecule has 0 fully saturated rings. The molecule has 0 radical (unpaired) electrons. The van der Waals surface area contributed by atoms with E-state index in [0.29, 0.717) is 5.56 Å². The number of primary sulfonamides is 1. The molecule has 1 aromatic rings.